The van der Waals surface area contributed by atoms with Gasteiger partial charge in [0.05, 0.1) is 0 Å². The molecule has 0 unspecified atom stereocenters. The van der Waals surface area contributed by atoms with Crippen molar-refractivity contribution in [2.75, 3.05) is 32.1 Å². The molecule has 6 nitrogen and oxygen atoms in total. The van der Waals surface area contributed by atoms with E-state index in [-0.39, 0.29) is 5.69 Å². The molecule has 0 saturated heterocycles. The molecule has 0 radical (unpaired) electrons. The fourth-order valence-corrected chi connectivity index (χ4v) is 1.13. The molecule has 2 N–H and O–H groups in total. The van der Waals surface area contributed by atoms with Crippen molar-refractivity contribution in [3.05, 3.63) is 12.0 Å². The number of rotatable bonds is 6. The Kier molecular flexibility index (Phi) is 4.11. The van der Waals surface area contributed by atoms with Gasteiger partial charge in [-0.3, -0.25) is 0 Å². The zero-order chi connectivity index (χ0) is 11.3. The van der Waals surface area contributed by atoms with Gasteiger partial charge in [0.2, 0.25) is 0 Å². The van der Waals surface area contributed by atoms with Crippen LogP contribution in [0, 0.1) is 0 Å². The minimum atomic E-state index is -1.08. The third-order valence-electron chi connectivity index (χ3n) is 1.96. The highest BCUT2D eigenvalue weighted by atomic mass is 16.4. The molecule has 0 fully saturated rings. The van der Waals surface area contributed by atoms with Gasteiger partial charge in [-0.05, 0) is 20.0 Å². The largest absolute Gasteiger partial charge is 0.476 e. The van der Waals surface area contributed by atoms with Gasteiger partial charge >= 0.3 is 5.97 Å². The van der Waals surface area contributed by atoms with Gasteiger partial charge in [-0.15, -0.1) is 0 Å². The van der Waals surface area contributed by atoms with E-state index in [0.29, 0.717) is 6.01 Å². The first-order valence-electron chi connectivity index (χ1n) is 4.69. The van der Waals surface area contributed by atoms with Crippen LogP contribution in [0.25, 0.3) is 0 Å². The SMILES string of the molecule is CNCCCN(C)c1nc(C(=O)O)co1. The predicted octanol–water partition coefficient (Wildman–Crippen LogP) is 0.419. The number of carboxylic acid groups (broad SMARTS) is 1. The van der Waals surface area contributed by atoms with E-state index in [1.54, 1.807) is 4.90 Å². The van der Waals surface area contributed by atoms with Crippen molar-refractivity contribution in [2.24, 2.45) is 0 Å². The molecule has 1 aromatic rings. The van der Waals surface area contributed by atoms with Crippen molar-refractivity contribution in [2.45, 2.75) is 6.42 Å². The van der Waals surface area contributed by atoms with Crippen molar-refractivity contribution < 1.29 is 14.3 Å². The molecule has 0 aliphatic heterocycles. The molecule has 0 aromatic carbocycles. The van der Waals surface area contributed by atoms with E-state index in [1.165, 1.54) is 0 Å². The maximum Gasteiger partial charge on any atom is 0.357 e. The molecule has 6 heteroatoms. The first kappa shape index (κ1) is 11.5. The Balaban J connectivity index is 2.50. The monoisotopic (exact) mass is 213 g/mol. The number of carboxylic acids is 1. The standard InChI is InChI=1S/C9H15N3O3/c1-10-4-3-5-12(2)9-11-7(6-15-9)8(13)14/h6,10H,3-5H2,1-2H3,(H,13,14). The van der Waals surface area contributed by atoms with E-state index in [2.05, 4.69) is 10.3 Å². The number of hydrogen-bond donors (Lipinski definition) is 2. The minimum Gasteiger partial charge on any atom is -0.476 e. The Bertz CT molecular complexity index is 324. The molecule has 0 bridgehead atoms. The Hall–Kier alpha value is -1.56. The second-order valence-corrected chi connectivity index (χ2v) is 3.20. The second kappa shape index (κ2) is 5.35. The summed E-state index contributed by atoms with van der Waals surface area (Å²) in [6.07, 6.45) is 2.09. The van der Waals surface area contributed by atoms with E-state index in [9.17, 15) is 4.79 Å². The summed E-state index contributed by atoms with van der Waals surface area (Å²) < 4.78 is 5.03. The number of aromatic nitrogens is 1. The molecule has 0 atom stereocenters. The van der Waals surface area contributed by atoms with Gasteiger partial charge in [0.15, 0.2) is 5.69 Å². The molecular formula is C9H15N3O3. The topological polar surface area (TPSA) is 78.6 Å². The summed E-state index contributed by atoms with van der Waals surface area (Å²) in [4.78, 5) is 16.2. The van der Waals surface area contributed by atoms with Crippen molar-refractivity contribution in [3.63, 3.8) is 0 Å². The molecule has 0 spiro atoms. The molecule has 0 saturated carbocycles. The Morgan fingerprint density at radius 3 is 3.00 bits per heavy atom. The molecule has 1 heterocycles. The highest BCUT2D eigenvalue weighted by Crippen LogP contribution is 2.11. The summed E-state index contributed by atoms with van der Waals surface area (Å²) >= 11 is 0. The average Bonchev–Trinajstić information content (AvgIpc) is 2.66. The van der Waals surface area contributed by atoms with E-state index < -0.39 is 5.97 Å². The third-order valence-corrected chi connectivity index (χ3v) is 1.96. The van der Waals surface area contributed by atoms with Crippen LogP contribution in [-0.2, 0) is 0 Å². The first-order chi connectivity index (χ1) is 7.15. The van der Waals surface area contributed by atoms with Crippen LogP contribution < -0.4 is 10.2 Å². The van der Waals surface area contributed by atoms with E-state index in [0.717, 1.165) is 25.8 Å². The summed E-state index contributed by atoms with van der Waals surface area (Å²) in [6, 6.07) is 0.337. The van der Waals surface area contributed by atoms with Gasteiger partial charge < -0.3 is 19.7 Å². The van der Waals surface area contributed by atoms with Crippen LogP contribution in [-0.4, -0.2) is 43.2 Å². The smallest absolute Gasteiger partial charge is 0.357 e. The third kappa shape index (κ3) is 3.25. The minimum absolute atomic E-state index is 0.0644. The molecule has 84 valence electrons. The molecule has 0 amide bonds. The fourth-order valence-electron chi connectivity index (χ4n) is 1.13. The van der Waals surface area contributed by atoms with Gasteiger partial charge in [0, 0.05) is 13.6 Å². The highest BCUT2D eigenvalue weighted by Gasteiger charge is 2.12. The van der Waals surface area contributed by atoms with Crippen molar-refractivity contribution in [3.8, 4) is 0 Å². The molecule has 0 aliphatic carbocycles. The number of nitrogens with zero attached hydrogens (tertiary/aromatic N) is 2. The van der Waals surface area contributed by atoms with Crippen LogP contribution in [0.5, 0.6) is 0 Å². The lowest BCUT2D eigenvalue weighted by atomic mass is 10.4. The number of aromatic carboxylic acids is 1. The predicted molar refractivity (Wildman–Crippen MR) is 55.3 cm³/mol. The van der Waals surface area contributed by atoms with Gasteiger partial charge in [0.25, 0.3) is 6.01 Å². The second-order valence-electron chi connectivity index (χ2n) is 3.20. The van der Waals surface area contributed by atoms with Crippen LogP contribution in [0.3, 0.4) is 0 Å². The fraction of sp³-hybridized carbons (Fsp3) is 0.556. The molecule has 1 aromatic heterocycles. The van der Waals surface area contributed by atoms with E-state index in [4.69, 9.17) is 9.52 Å². The highest BCUT2D eigenvalue weighted by molar-refractivity contribution is 5.85. The number of anilines is 1. The maximum atomic E-state index is 10.5. The molecule has 1 rings (SSSR count). The van der Waals surface area contributed by atoms with Gasteiger partial charge in [-0.2, -0.15) is 4.98 Å². The normalized spacial score (nSPS) is 10.3. The summed E-state index contributed by atoms with van der Waals surface area (Å²) in [5.74, 6) is -1.08. The lowest BCUT2D eigenvalue weighted by Crippen LogP contribution is -2.22. The number of oxazole rings is 1. The summed E-state index contributed by atoms with van der Waals surface area (Å²) in [6.45, 7) is 1.66. The Morgan fingerprint density at radius 2 is 2.47 bits per heavy atom. The van der Waals surface area contributed by atoms with E-state index in [1.807, 2.05) is 14.1 Å². The van der Waals surface area contributed by atoms with Crippen LogP contribution in [0.2, 0.25) is 0 Å². The van der Waals surface area contributed by atoms with Crippen LogP contribution >= 0.6 is 0 Å². The Labute approximate surface area is 87.9 Å². The summed E-state index contributed by atoms with van der Waals surface area (Å²) in [5, 5.41) is 11.7. The average molecular weight is 213 g/mol. The first-order valence-corrected chi connectivity index (χ1v) is 4.69. The summed E-state index contributed by atoms with van der Waals surface area (Å²) in [5.41, 5.74) is -0.0644. The number of hydrogen-bond acceptors (Lipinski definition) is 5. The number of carbonyl (C=O) groups is 1. The zero-order valence-corrected chi connectivity index (χ0v) is 8.86. The van der Waals surface area contributed by atoms with Crippen molar-refractivity contribution >= 4 is 12.0 Å². The van der Waals surface area contributed by atoms with Crippen LogP contribution in [0.15, 0.2) is 10.7 Å². The maximum absolute atomic E-state index is 10.5. The lowest BCUT2D eigenvalue weighted by Gasteiger charge is -2.13. The molecule has 0 aliphatic rings. The van der Waals surface area contributed by atoms with Gasteiger partial charge in [-0.1, -0.05) is 0 Å². The Morgan fingerprint density at radius 1 is 1.73 bits per heavy atom. The quantitative estimate of drug-likeness (QED) is 0.667. The van der Waals surface area contributed by atoms with Gasteiger partial charge in [-0.25, -0.2) is 4.79 Å². The van der Waals surface area contributed by atoms with Gasteiger partial charge in [0.1, 0.15) is 6.26 Å². The van der Waals surface area contributed by atoms with Crippen LogP contribution in [0.4, 0.5) is 6.01 Å². The van der Waals surface area contributed by atoms with Crippen molar-refractivity contribution in [1.82, 2.24) is 10.3 Å². The number of nitrogens with one attached hydrogen (secondary N) is 1. The molecular weight excluding hydrogens is 198 g/mol. The summed E-state index contributed by atoms with van der Waals surface area (Å²) in [7, 11) is 3.70. The molecule has 15 heavy (non-hydrogen) atoms. The van der Waals surface area contributed by atoms with Crippen LogP contribution in [0.1, 0.15) is 16.9 Å². The zero-order valence-electron chi connectivity index (χ0n) is 8.86. The van der Waals surface area contributed by atoms with Crippen molar-refractivity contribution in [1.29, 1.82) is 0 Å². The van der Waals surface area contributed by atoms with E-state index >= 15 is 0 Å². The lowest BCUT2D eigenvalue weighted by molar-refractivity contribution is 0.0690.